The van der Waals surface area contributed by atoms with Crippen molar-refractivity contribution >= 4 is 16.8 Å². The van der Waals surface area contributed by atoms with E-state index in [-0.39, 0.29) is 0 Å². The van der Waals surface area contributed by atoms with Gasteiger partial charge in [-0.3, -0.25) is 0 Å². The molecule has 24 heavy (non-hydrogen) atoms. The molecule has 2 aromatic carbocycles. The van der Waals surface area contributed by atoms with Crippen LogP contribution in [0.3, 0.4) is 0 Å². The molecular weight excluding hydrogens is 296 g/mol. The molecule has 0 fully saturated rings. The average Bonchev–Trinajstić information content (AvgIpc) is 2.90. The zero-order chi connectivity index (χ0) is 17.3. The van der Waals surface area contributed by atoms with Gasteiger partial charge >= 0.3 is 0 Å². The van der Waals surface area contributed by atoms with Crippen molar-refractivity contribution in [2.45, 2.75) is 27.7 Å². The standard InChI is InChI=1S/C21H22N2O/c1-13-7-5-6-8-19(13)21(17-9-11-18(22)12-10-17)14(2)20-15(3)23-24-16(20)4/h5-12H,22H2,1-4H3/b21-14+. The van der Waals surface area contributed by atoms with E-state index in [4.69, 9.17) is 10.3 Å². The van der Waals surface area contributed by atoms with E-state index in [1.165, 1.54) is 16.7 Å². The number of nitrogens with zero attached hydrogens (tertiary/aromatic N) is 1. The molecule has 2 N–H and O–H groups in total. The third-order valence-electron chi connectivity index (χ3n) is 4.40. The number of rotatable bonds is 3. The lowest BCUT2D eigenvalue weighted by atomic mass is 9.87. The van der Waals surface area contributed by atoms with Gasteiger partial charge in [-0.05, 0) is 67.7 Å². The number of benzene rings is 2. The van der Waals surface area contributed by atoms with Crippen molar-refractivity contribution in [1.29, 1.82) is 0 Å². The highest BCUT2D eigenvalue weighted by atomic mass is 16.5. The minimum Gasteiger partial charge on any atom is -0.399 e. The summed E-state index contributed by atoms with van der Waals surface area (Å²) in [4.78, 5) is 0. The van der Waals surface area contributed by atoms with Gasteiger partial charge in [0.15, 0.2) is 0 Å². The van der Waals surface area contributed by atoms with Crippen LogP contribution in [-0.2, 0) is 0 Å². The summed E-state index contributed by atoms with van der Waals surface area (Å²) in [6.45, 7) is 8.20. The van der Waals surface area contributed by atoms with Crippen LogP contribution in [0.1, 0.15) is 40.6 Å². The van der Waals surface area contributed by atoms with E-state index in [0.29, 0.717) is 0 Å². The summed E-state index contributed by atoms with van der Waals surface area (Å²) >= 11 is 0. The third kappa shape index (κ3) is 2.85. The third-order valence-corrected chi connectivity index (χ3v) is 4.40. The molecule has 0 saturated carbocycles. The summed E-state index contributed by atoms with van der Waals surface area (Å²) in [5.41, 5.74) is 14.5. The van der Waals surface area contributed by atoms with Gasteiger partial charge in [0.1, 0.15) is 5.76 Å². The van der Waals surface area contributed by atoms with Crippen molar-refractivity contribution in [3.8, 4) is 0 Å². The van der Waals surface area contributed by atoms with E-state index in [9.17, 15) is 0 Å². The van der Waals surface area contributed by atoms with E-state index >= 15 is 0 Å². The molecule has 0 spiro atoms. The highest BCUT2D eigenvalue weighted by molar-refractivity contribution is 5.99. The highest BCUT2D eigenvalue weighted by Crippen LogP contribution is 2.36. The van der Waals surface area contributed by atoms with Crippen LogP contribution in [0.25, 0.3) is 11.1 Å². The summed E-state index contributed by atoms with van der Waals surface area (Å²) in [5, 5.41) is 4.11. The fraction of sp³-hybridized carbons (Fsp3) is 0.190. The van der Waals surface area contributed by atoms with Gasteiger partial charge in [-0.25, -0.2) is 0 Å². The number of aryl methyl sites for hydroxylation is 3. The van der Waals surface area contributed by atoms with E-state index in [0.717, 1.165) is 33.8 Å². The zero-order valence-corrected chi connectivity index (χ0v) is 14.6. The molecule has 0 unspecified atom stereocenters. The summed E-state index contributed by atoms with van der Waals surface area (Å²) in [7, 11) is 0. The molecule has 0 bridgehead atoms. The maximum atomic E-state index is 5.87. The molecule has 3 nitrogen and oxygen atoms in total. The first kappa shape index (κ1) is 16.1. The lowest BCUT2D eigenvalue weighted by Gasteiger charge is -2.16. The van der Waals surface area contributed by atoms with Crippen LogP contribution in [0.4, 0.5) is 5.69 Å². The zero-order valence-electron chi connectivity index (χ0n) is 14.6. The first-order chi connectivity index (χ1) is 11.5. The number of aromatic nitrogens is 1. The minimum absolute atomic E-state index is 0.762. The summed E-state index contributed by atoms with van der Waals surface area (Å²) in [6.07, 6.45) is 0. The van der Waals surface area contributed by atoms with E-state index in [2.05, 4.69) is 55.4 Å². The van der Waals surface area contributed by atoms with E-state index in [1.807, 2.05) is 26.0 Å². The fourth-order valence-electron chi connectivity index (χ4n) is 3.22. The van der Waals surface area contributed by atoms with Crippen molar-refractivity contribution in [1.82, 2.24) is 5.16 Å². The van der Waals surface area contributed by atoms with Crippen LogP contribution in [0.15, 0.2) is 53.1 Å². The Morgan fingerprint density at radius 2 is 1.62 bits per heavy atom. The van der Waals surface area contributed by atoms with Crippen LogP contribution >= 0.6 is 0 Å². The van der Waals surface area contributed by atoms with Crippen LogP contribution in [-0.4, -0.2) is 5.16 Å². The normalized spacial score (nSPS) is 12.2. The van der Waals surface area contributed by atoms with Gasteiger partial charge in [-0.2, -0.15) is 0 Å². The van der Waals surface area contributed by atoms with Crippen molar-refractivity contribution in [3.63, 3.8) is 0 Å². The molecule has 0 atom stereocenters. The molecule has 0 aliphatic carbocycles. The number of hydrogen-bond donors (Lipinski definition) is 1. The Hall–Kier alpha value is -2.81. The second-order valence-corrected chi connectivity index (χ2v) is 6.14. The minimum atomic E-state index is 0.762. The number of allylic oxidation sites excluding steroid dienone is 1. The molecule has 0 radical (unpaired) electrons. The first-order valence-corrected chi connectivity index (χ1v) is 8.05. The Labute approximate surface area is 142 Å². The smallest absolute Gasteiger partial charge is 0.141 e. The van der Waals surface area contributed by atoms with Gasteiger partial charge in [0.25, 0.3) is 0 Å². The Kier molecular flexibility index (Phi) is 4.26. The monoisotopic (exact) mass is 318 g/mol. The topological polar surface area (TPSA) is 52.0 Å². The Morgan fingerprint density at radius 3 is 2.21 bits per heavy atom. The van der Waals surface area contributed by atoms with Gasteiger partial charge < -0.3 is 10.3 Å². The maximum Gasteiger partial charge on any atom is 0.141 e. The molecule has 1 aromatic heterocycles. The van der Waals surface area contributed by atoms with Crippen molar-refractivity contribution < 1.29 is 4.52 Å². The van der Waals surface area contributed by atoms with Crippen molar-refractivity contribution in [2.24, 2.45) is 0 Å². The summed E-state index contributed by atoms with van der Waals surface area (Å²) in [6, 6.07) is 16.4. The van der Waals surface area contributed by atoms with Gasteiger partial charge in [0.2, 0.25) is 0 Å². The molecule has 3 heteroatoms. The molecule has 0 aliphatic heterocycles. The molecule has 3 aromatic rings. The second kappa shape index (κ2) is 6.36. The highest BCUT2D eigenvalue weighted by Gasteiger charge is 2.18. The van der Waals surface area contributed by atoms with Crippen LogP contribution in [0, 0.1) is 20.8 Å². The van der Waals surface area contributed by atoms with Crippen LogP contribution in [0.2, 0.25) is 0 Å². The quantitative estimate of drug-likeness (QED) is 0.678. The SMILES string of the molecule is C/C(=C(/c1ccc(N)cc1)c1ccccc1C)c1c(C)noc1C. The van der Waals surface area contributed by atoms with Gasteiger partial charge in [0.05, 0.1) is 5.69 Å². The summed E-state index contributed by atoms with van der Waals surface area (Å²) in [5.74, 6) is 0.839. The lowest BCUT2D eigenvalue weighted by Crippen LogP contribution is -1.97. The first-order valence-electron chi connectivity index (χ1n) is 8.05. The van der Waals surface area contributed by atoms with Gasteiger partial charge in [-0.15, -0.1) is 0 Å². The number of nitrogen functional groups attached to an aromatic ring is 1. The molecule has 122 valence electrons. The molecule has 0 amide bonds. The molecule has 0 saturated heterocycles. The van der Waals surface area contributed by atoms with E-state index in [1.54, 1.807) is 0 Å². The number of nitrogens with two attached hydrogens (primary N) is 1. The Balaban J connectivity index is 2.32. The average molecular weight is 318 g/mol. The number of anilines is 1. The number of hydrogen-bond acceptors (Lipinski definition) is 3. The molecular formula is C21H22N2O. The van der Waals surface area contributed by atoms with Crippen molar-refractivity contribution in [2.75, 3.05) is 5.73 Å². The largest absolute Gasteiger partial charge is 0.399 e. The van der Waals surface area contributed by atoms with Crippen LogP contribution in [0.5, 0.6) is 0 Å². The Bertz CT molecular complexity index is 882. The Morgan fingerprint density at radius 1 is 0.958 bits per heavy atom. The van der Waals surface area contributed by atoms with E-state index < -0.39 is 0 Å². The predicted molar refractivity (Wildman–Crippen MR) is 99.6 cm³/mol. The van der Waals surface area contributed by atoms with Gasteiger partial charge in [-0.1, -0.05) is 41.6 Å². The fourth-order valence-corrected chi connectivity index (χ4v) is 3.22. The second-order valence-electron chi connectivity index (χ2n) is 6.14. The summed E-state index contributed by atoms with van der Waals surface area (Å²) < 4.78 is 5.38. The van der Waals surface area contributed by atoms with Crippen LogP contribution < -0.4 is 5.73 Å². The van der Waals surface area contributed by atoms with Gasteiger partial charge in [0, 0.05) is 11.3 Å². The lowest BCUT2D eigenvalue weighted by molar-refractivity contribution is 0.393. The predicted octanol–water partition coefficient (Wildman–Crippen LogP) is 5.16. The van der Waals surface area contributed by atoms with Crippen molar-refractivity contribution in [3.05, 3.63) is 82.2 Å². The molecule has 0 aliphatic rings. The maximum absolute atomic E-state index is 5.87. The molecule has 3 rings (SSSR count). The molecule has 1 heterocycles.